The highest BCUT2D eigenvalue weighted by Gasteiger charge is 2.13. The van der Waals surface area contributed by atoms with E-state index >= 15 is 0 Å². The predicted molar refractivity (Wildman–Crippen MR) is 77.4 cm³/mol. The number of halogens is 1. The smallest absolute Gasteiger partial charge is 0.0992 e. The molecule has 1 unspecified atom stereocenters. The summed E-state index contributed by atoms with van der Waals surface area (Å²) in [5.74, 6) is 1.29. The normalized spacial score (nSPS) is 19.6. The maximum absolute atomic E-state index is 8.79. The van der Waals surface area contributed by atoms with Crippen LogP contribution < -0.4 is 5.32 Å². The van der Waals surface area contributed by atoms with E-state index in [0.29, 0.717) is 5.56 Å². The van der Waals surface area contributed by atoms with Crippen LogP contribution >= 0.6 is 27.7 Å². The van der Waals surface area contributed by atoms with E-state index in [-0.39, 0.29) is 0 Å². The van der Waals surface area contributed by atoms with Crippen molar-refractivity contribution in [3.05, 3.63) is 28.2 Å². The fourth-order valence-electron chi connectivity index (χ4n) is 1.92. The van der Waals surface area contributed by atoms with Crippen LogP contribution in [0.2, 0.25) is 0 Å². The van der Waals surface area contributed by atoms with Crippen LogP contribution in [0.3, 0.4) is 0 Å². The van der Waals surface area contributed by atoms with Gasteiger partial charge >= 0.3 is 0 Å². The quantitative estimate of drug-likeness (QED) is 0.916. The largest absolute Gasteiger partial charge is 0.383 e. The van der Waals surface area contributed by atoms with Gasteiger partial charge in [0.15, 0.2) is 0 Å². The summed E-state index contributed by atoms with van der Waals surface area (Å²) in [5.41, 5.74) is 1.77. The standard InChI is InChI=1S/C13H15BrN2S/c14-12-7-10(8-15)4-5-13(12)16-9-11-3-1-2-6-17-11/h4-5,7,11,16H,1-3,6,9H2. The zero-order valence-corrected chi connectivity index (χ0v) is 12.0. The lowest BCUT2D eigenvalue weighted by Gasteiger charge is -2.22. The Labute approximate surface area is 115 Å². The van der Waals surface area contributed by atoms with E-state index in [0.717, 1.165) is 22.0 Å². The topological polar surface area (TPSA) is 35.8 Å². The molecule has 0 amide bonds. The summed E-state index contributed by atoms with van der Waals surface area (Å²) in [4.78, 5) is 0. The molecule has 0 aromatic heterocycles. The van der Waals surface area contributed by atoms with Crippen molar-refractivity contribution in [2.75, 3.05) is 17.6 Å². The number of hydrogen-bond acceptors (Lipinski definition) is 3. The van der Waals surface area contributed by atoms with E-state index in [1.54, 1.807) is 0 Å². The third-order valence-electron chi connectivity index (χ3n) is 2.89. The molecule has 1 aliphatic rings. The monoisotopic (exact) mass is 310 g/mol. The molecular formula is C13H15BrN2S. The number of nitriles is 1. The number of benzene rings is 1. The first-order valence-corrected chi connectivity index (χ1v) is 7.69. The van der Waals surface area contributed by atoms with Gasteiger partial charge in [0.25, 0.3) is 0 Å². The molecule has 1 aliphatic heterocycles. The fraction of sp³-hybridized carbons (Fsp3) is 0.462. The second kappa shape index (κ2) is 6.32. The molecular weight excluding hydrogens is 296 g/mol. The Morgan fingerprint density at radius 1 is 1.47 bits per heavy atom. The molecule has 0 radical (unpaired) electrons. The first kappa shape index (κ1) is 12.8. The van der Waals surface area contributed by atoms with Gasteiger partial charge in [-0.2, -0.15) is 17.0 Å². The van der Waals surface area contributed by atoms with Gasteiger partial charge in [-0.1, -0.05) is 6.42 Å². The van der Waals surface area contributed by atoms with E-state index in [1.165, 1.54) is 25.0 Å². The highest BCUT2D eigenvalue weighted by molar-refractivity contribution is 9.10. The van der Waals surface area contributed by atoms with Crippen LogP contribution in [0.1, 0.15) is 24.8 Å². The molecule has 2 nitrogen and oxygen atoms in total. The van der Waals surface area contributed by atoms with Gasteiger partial charge < -0.3 is 5.32 Å². The number of rotatable bonds is 3. The molecule has 0 saturated carbocycles. The Morgan fingerprint density at radius 2 is 2.35 bits per heavy atom. The molecule has 17 heavy (non-hydrogen) atoms. The van der Waals surface area contributed by atoms with Gasteiger partial charge in [-0.3, -0.25) is 0 Å². The summed E-state index contributed by atoms with van der Waals surface area (Å²) in [6, 6.07) is 7.81. The zero-order chi connectivity index (χ0) is 12.1. The van der Waals surface area contributed by atoms with Gasteiger partial charge in [-0.15, -0.1) is 0 Å². The van der Waals surface area contributed by atoms with Crippen LogP contribution in [-0.2, 0) is 0 Å². The summed E-state index contributed by atoms with van der Waals surface area (Å²) in [6.45, 7) is 1.01. The number of nitrogens with one attached hydrogen (secondary N) is 1. The molecule has 0 bridgehead atoms. The Kier molecular flexibility index (Phi) is 4.75. The summed E-state index contributed by atoms with van der Waals surface area (Å²) < 4.78 is 0.970. The van der Waals surface area contributed by atoms with Gasteiger partial charge in [0.2, 0.25) is 0 Å². The van der Waals surface area contributed by atoms with Crippen LogP contribution in [0.25, 0.3) is 0 Å². The van der Waals surface area contributed by atoms with E-state index in [4.69, 9.17) is 5.26 Å². The van der Waals surface area contributed by atoms with Crippen molar-refractivity contribution in [2.24, 2.45) is 0 Å². The lowest BCUT2D eigenvalue weighted by atomic mass is 10.2. The Balaban J connectivity index is 1.92. The van der Waals surface area contributed by atoms with Gasteiger partial charge in [0.05, 0.1) is 11.6 Å². The number of hydrogen-bond donors (Lipinski definition) is 1. The minimum atomic E-state index is 0.689. The van der Waals surface area contributed by atoms with Crippen LogP contribution in [-0.4, -0.2) is 17.5 Å². The number of anilines is 1. The lowest BCUT2D eigenvalue weighted by Crippen LogP contribution is -2.20. The molecule has 0 aliphatic carbocycles. The number of nitrogens with zero attached hydrogens (tertiary/aromatic N) is 1. The Bertz CT molecular complexity index is 422. The zero-order valence-electron chi connectivity index (χ0n) is 9.58. The maximum Gasteiger partial charge on any atom is 0.0992 e. The van der Waals surface area contributed by atoms with E-state index in [1.807, 2.05) is 18.2 Å². The average Bonchev–Trinajstić information content (AvgIpc) is 2.38. The third-order valence-corrected chi connectivity index (χ3v) is 4.95. The van der Waals surface area contributed by atoms with E-state index < -0.39 is 0 Å². The molecule has 90 valence electrons. The van der Waals surface area contributed by atoms with Gasteiger partial charge in [0.1, 0.15) is 0 Å². The first-order valence-electron chi connectivity index (χ1n) is 5.85. The second-order valence-electron chi connectivity index (χ2n) is 4.18. The highest BCUT2D eigenvalue weighted by Crippen LogP contribution is 2.27. The second-order valence-corrected chi connectivity index (χ2v) is 6.44. The molecule has 1 fully saturated rings. The van der Waals surface area contributed by atoms with E-state index in [9.17, 15) is 0 Å². The van der Waals surface area contributed by atoms with Crippen molar-refractivity contribution in [1.82, 2.24) is 0 Å². The maximum atomic E-state index is 8.79. The molecule has 4 heteroatoms. The van der Waals surface area contributed by atoms with Crippen molar-refractivity contribution in [1.29, 1.82) is 5.26 Å². The molecule has 1 N–H and O–H groups in total. The molecule has 1 aromatic rings. The molecule has 0 spiro atoms. The lowest BCUT2D eigenvalue weighted by molar-refractivity contribution is 0.677. The summed E-state index contributed by atoms with van der Waals surface area (Å²) >= 11 is 5.56. The van der Waals surface area contributed by atoms with Crippen molar-refractivity contribution >= 4 is 33.4 Å². The minimum absolute atomic E-state index is 0.689. The predicted octanol–water partition coefficient (Wildman–Crippen LogP) is 4.02. The van der Waals surface area contributed by atoms with E-state index in [2.05, 4.69) is 39.1 Å². The van der Waals surface area contributed by atoms with Gasteiger partial charge in [-0.05, 0) is 52.7 Å². The van der Waals surface area contributed by atoms with Crippen molar-refractivity contribution < 1.29 is 0 Å². The SMILES string of the molecule is N#Cc1ccc(NCC2CCCCS2)c(Br)c1. The summed E-state index contributed by atoms with van der Waals surface area (Å²) in [6.07, 6.45) is 4.03. The Morgan fingerprint density at radius 3 is 3.00 bits per heavy atom. The molecule has 1 saturated heterocycles. The van der Waals surface area contributed by atoms with Crippen LogP contribution in [0, 0.1) is 11.3 Å². The third kappa shape index (κ3) is 3.65. The van der Waals surface area contributed by atoms with Crippen molar-refractivity contribution in [3.8, 4) is 6.07 Å². The molecule has 1 heterocycles. The van der Waals surface area contributed by atoms with Crippen molar-refractivity contribution in [2.45, 2.75) is 24.5 Å². The highest BCUT2D eigenvalue weighted by atomic mass is 79.9. The average molecular weight is 311 g/mol. The molecule has 1 atom stereocenters. The van der Waals surface area contributed by atoms with Crippen LogP contribution in [0.15, 0.2) is 22.7 Å². The Hall–Kier alpha value is -0.660. The number of thioether (sulfide) groups is 1. The molecule has 2 rings (SSSR count). The van der Waals surface area contributed by atoms with Gasteiger partial charge in [0, 0.05) is 22.0 Å². The molecule has 1 aromatic carbocycles. The summed E-state index contributed by atoms with van der Waals surface area (Å²) in [7, 11) is 0. The first-order chi connectivity index (χ1) is 8.29. The van der Waals surface area contributed by atoms with Gasteiger partial charge in [-0.25, -0.2) is 0 Å². The minimum Gasteiger partial charge on any atom is -0.383 e. The van der Waals surface area contributed by atoms with Crippen LogP contribution in [0.4, 0.5) is 5.69 Å². The fourth-order valence-corrected chi connectivity index (χ4v) is 3.68. The summed E-state index contributed by atoms with van der Waals surface area (Å²) in [5, 5.41) is 13.0. The van der Waals surface area contributed by atoms with Crippen LogP contribution in [0.5, 0.6) is 0 Å². The van der Waals surface area contributed by atoms with Crippen molar-refractivity contribution in [3.63, 3.8) is 0 Å².